The molecule has 0 aliphatic heterocycles. The van der Waals surface area contributed by atoms with Gasteiger partial charge in [-0.25, -0.2) is 0 Å². The Kier molecular flexibility index (Phi) is 4.64. The van der Waals surface area contributed by atoms with Crippen LogP contribution < -0.4 is 11.1 Å². The molecule has 0 bridgehead atoms. The summed E-state index contributed by atoms with van der Waals surface area (Å²) in [5, 5.41) is 3.31. The van der Waals surface area contributed by atoms with E-state index in [1.165, 1.54) is 5.56 Å². The lowest BCUT2D eigenvalue weighted by Crippen LogP contribution is -2.22. The standard InChI is InChI=1S/C16H17ClN2O/c1-2-11-3-5-12(6-4-11)10-19-16(20)13-7-14(17)9-15(18)8-13/h3-9H,2,10,18H2,1H3,(H,19,20). The number of aryl methyl sites for hydroxylation is 1. The van der Waals surface area contributed by atoms with Crippen LogP contribution in [0.2, 0.25) is 5.02 Å². The van der Waals surface area contributed by atoms with Crippen molar-refractivity contribution >= 4 is 23.2 Å². The van der Waals surface area contributed by atoms with E-state index in [9.17, 15) is 4.79 Å². The van der Waals surface area contributed by atoms with Crippen LogP contribution in [-0.2, 0) is 13.0 Å². The Hall–Kier alpha value is -2.00. The van der Waals surface area contributed by atoms with Crippen LogP contribution >= 0.6 is 11.6 Å². The summed E-state index contributed by atoms with van der Waals surface area (Å²) < 4.78 is 0. The quantitative estimate of drug-likeness (QED) is 0.847. The van der Waals surface area contributed by atoms with Gasteiger partial charge < -0.3 is 11.1 Å². The van der Waals surface area contributed by atoms with Crippen molar-refractivity contribution < 1.29 is 4.79 Å². The molecule has 0 atom stereocenters. The molecule has 0 unspecified atom stereocenters. The van der Waals surface area contributed by atoms with E-state index in [0.29, 0.717) is 22.8 Å². The van der Waals surface area contributed by atoms with Crippen molar-refractivity contribution in [3.05, 3.63) is 64.2 Å². The summed E-state index contributed by atoms with van der Waals surface area (Å²) >= 11 is 5.88. The minimum Gasteiger partial charge on any atom is -0.399 e. The third-order valence-electron chi connectivity index (χ3n) is 3.07. The summed E-state index contributed by atoms with van der Waals surface area (Å²) in [6.45, 7) is 2.59. The van der Waals surface area contributed by atoms with E-state index < -0.39 is 0 Å². The topological polar surface area (TPSA) is 55.1 Å². The number of carbonyl (C=O) groups is 1. The predicted molar refractivity (Wildman–Crippen MR) is 82.9 cm³/mol. The van der Waals surface area contributed by atoms with Crippen molar-refractivity contribution in [3.8, 4) is 0 Å². The number of nitrogen functional groups attached to an aromatic ring is 1. The number of amides is 1. The van der Waals surface area contributed by atoms with Gasteiger partial charge in [-0.3, -0.25) is 4.79 Å². The molecule has 0 aliphatic rings. The van der Waals surface area contributed by atoms with Gasteiger partial charge in [0.1, 0.15) is 0 Å². The van der Waals surface area contributed by atoms with Crippen molar-refractivity contribution in [2.45, 2.75) is 19.9 Å². The highest BCUT2D eigenvalue weighted by Gasteiger charge is 2.07. The summed E-state index contributed by atoms with van der Waals surface area (Å²) in [5.41, 5.74) is 8.97. The first-order valence-electron chi connectivity index (χ1n) is 6.50. The average molecular weight is 289 g/mol. The van der Waals surface area contributed by atoms with Crippen LogP contribution in [0.25, 0.3) is 0 Å². The molecule has 0 radical (unpaired) electrons. The smallest absolute Gasteiger partial charge is 0.251 e. The molecule has 104 valence electrons. The van der Waals surface area contributed by atoms with Crippen LogP contribution in [0.1, 0.15) is 28.4 Å². The first kappa shape index (κ1) is 14.4. The number of halogens is 1. The number of nitrogens with one attached hydrogen (secondary N) is 1. The minimum atomic E-state index is -0.182. The third-order valence-corrected chi connectivity index (χ3v) is 3.28. The lowest BCUT2D eigenvalue weighted by Gasteiger charge is -2.07. The maximum Gasteiger partial charge on any atom is 0.251 e. The lowest BCUT2D eigenvalue weighted by atomic mass is 10.1. The molecule has 2 rings (SSSR count). The molecule has 3 N–H and O–H groups in total. The maximum atomic E-state index is 12.0. The number of carbonyl (C=O) groups excluding carboxylic acids is 1. The SMILES string of the molecule is CCc1ccc(CNC(=O)c2cc(N)cc(Cl)c2)cc1. The molecule has 0 aromatic heterocycles. The minimum absolute atomic E-state index is 0.182. The molecule has 0 fully saturated rings. The highest BCUT2D eigenvalue weighted by Crippen LogP contribution is 2.16. The first-order chi connectivity index (χ1) is 9.58. The molecular weight excluding hydrogens is 272 g/mol. The van der Waals surface area contributed by atoms with E-state index in [4.69, 9.17) is 17.3 Å². The maximum absolute atomic E-state index is 12.0. The molecule has 0 heterocycles. The lowest BCUT2D eigenvalue weighted by molar-refractivity contribution is 0.0951. The Labute approximate surface area is 123 Å². The van der Waals surface area contributed by atoms with Gasteiger partial charge in [-0.05, 0) is 35.7 Å². The normalized spacial score (nSPS) is 10.3. The second-order valence-corrected chi connectivity index (χ2v) is 5.06. The van der Waals surface area contributed by atoms with E-state index >= 15 is 0 Å². The number of benzene rings is 2. The molecule has 4 heteroatoms. The van der Waals surface area contributed by atoms with Gasteiger partial charge in [-0.1, -0.05) is 42.8 Å². The second kappa shape index (κ2) is 6.44. The molecular formula is C16H17ClN2O. The number of rotatable bonds is 4. The molecule has 2 aromatic rings. The van der Waals surface area contributed by atoms with E-state index in [-0.39, 0.29) is 5.91 Å². The van der Waals surface area contributed by atoms with Gasteiger partial charge in [0.15, 0.2) is 0 Å². The van der Waals surface area contributed by atoms with Gasteiger partial charge >= 0.3 is 0 Å². The number of hydrogen-bond donors (Lipinski definition) is 2. The van der Waals surface area contributed by atoms with Crippen LogP contribution in [0.5, 0.6) is 0 Å². The van der Waals surface area contributed by atoms with Crippen LogP contribution in [-0.4, -0.2) is 5.91 Å². The highest BCUT2D eigenvalue weighted by molar-refractivity contribution is 6.31. The second-order valence-electron chi connectivity index (χ2n) is 4.63. The Morgan fingerprint density at radius 2 is 1.80 bits per heavy atom. The van der Waals surface area contributed by atoms with E-state index in [1.54, 1.807) is 18.2 Å². The predicted octanol–water partition coefficient (Wildman–Crippen LogP) is 3.41. The summed E-state index contributed by atoms with van der Waals surface area (Å²) in [6.07, 6.45) is 1.01. The molecule has 0 saturated heterocycles. The van der Waals surface area contributed by atoms with Crippen molar-refractivity contribution in [2.75, 3.05) is 5.73 Å². The number of nitrogens with two attached hydrogens (primary N) is 1. The largest absolute Gasteiger partial charge is 0.399 e. The molecule has 2 aromatic carbocycles. The fraction of sp³-hybridized carbons (Fsp3) is 0.188. The van der Waals surface area contributed by atoms with E-state index in [1.807, 2.05) is 12.1 Å². The Balaban J connectivity index is 2.00. The summed E-state index contributed by atoms with van der Waals surface area (Å²) in [5.74, 6) is -0.182. The van der Waals surface area contributed by atoms with Crippen LogP contribution in [0, 0.1) is 0 Å². The fourth-order valence-electron chi connectivity index (χ4n) is 1.92. The average Bonchev–Trinajstić information content (AvgIpc) is 2.44. The summed E-state index contributed by atoms with van der Waals surface area (Å²) in [4.78, 5) is 12.0. The zero-order chi connectivity index (χ0) is 14.5. The van der Waals surface area contributed by atoms with Crippen LogP contribution in [0.4, 0.5) is 5.69 Å². The summed E-state index contributed by atoms with van der Waals surface area (Å²) in [7, 11) is 0. The van der Waals surface area contributed by atoms with Gasteiger partial charge in [0.05, 0.1) is 0 Å². The first-order valence-corrected chi connectivity index (χ1v) is 6.88. The van der Waals surface area contributed by atoms with E-state index in [0.717, 1.165) is 12.0 Å². The Morgan fingerprint density at radius 1 is 1.15 bits per heavy atom. The monoisotopic (exact) mass is 288 g/mol. The molecule has 0 spiro atoms. The fourth-order valence-corrected chi connectivity index (χ4v) is 2.16. The van der Waals surface area contributed by atoms with Crippen molar-refractivity contribution in [2.24, 2.45) is 0 Å². The number of anilines is 1. The molecule has 0 aliphatic carbocycles. The highest BCUT2D eigenvalue weighted by atomic mass is 35.5. The van der Waals surface area contributed by atoms with Gasteiger partial charge in [0, 0.05) is 22.8 Å². The van der Waals surface area contributed by atoms with Crippen molar-refractivity contribution in [1.29, 1.82) is 0 Å². The van der Waals surface area contributed by atoms with Gasteiger partial charge in [0.2, 0.25) is 0 Å². The summed E-state index contributed by atoms with van der Waals surface area (Å²) in [6, 6.07) is 13.0. The van der Waals surface area contributed by atoms with E-state index in [2.05, 4.69) is 24.4 Å². The van der Waals surface area contributed by atoms with Crippen molar-refractivity contribution in [3.63, 3.8) is 0 Å². The Morgan fingerprint density at radius 3 is 2.40 bits per heavy atom. The molecule has 3 nitrogen and oxygen atoms in total. The third kappa shape index (κ3) is 3.75. The van der Waals surface area contributed by atoms with Crippen LogP contribution in [0.15, 0.2) is 42.5 Å². The molecule has 0 saturated carbocycles. The number of hydrogen-bond acceptors (Lipinski definition) is 2. The Bertz CT molecular complexity index is 588. The van der Waals surface area contributed by atoms with Crippen LogP contribution in [0.3, 0.4) is 0 Å². The van der Waals surface area contributed by atoms with Gasteiger partial charge in [-0.2, -0.15) is 0 Å². The molecule has 20 heavy (non-hydrogen) atoms. The van der Waals surface area contributed by atoms with Gasteiger partial charge in [0.25, 0.3) is 5.91 Å². The van der Waals surface area contributed by atoms with Gasteiger partial charge in [-0.15, -0.1) is 0 Å². The molecule has 1 amide bonds. The zero-order valence-corrected chi connectivity index (χ0v) is 12.1. The zero-order valence-electron chi connectivity index (χ0n) is 11.3. The van der Waals surface area contributed by atoms with Crippen molar-refractivity contribution in [1.82, 2.24) is 5.32 Å².